The number of Topliss-reactive ketones (excluding diaryl/α,β-unsaturated/α-hetero) is 1. The molecule has 1 atom stereocenters. The van der Waals surface area contributed by atoms with Crippen molar-refractivity contribution in [3.05, 3.63) is 113 Å². The third-order valence-corrected chi connectivity index (χ3v) is 6.47. The molecule has 1 fully saturated rings. The minimum absolute atomic E-state index is 0.0469. The Labute approximate surface area is 228 Å². The van der Waals surface area contributed by atoms with Gasteiger partial charge < -0.3 is 24.2 Å². The first-order valence-electron chi connectivity index (χ1n) is 12.8. The summed E-state index contributed by atoms with van der Waals surface area (Å²) >= 11 is 0. The van der Waals surface area contributed by atoms with Gasteiger partial charge in [-0.15, -0.1) is 0 Å². The standard InChI is InChI=1S/C32H33NO6/c1-4-18-38-26-13-9-24(10-14-26)29-28(31(35)32(36)33(29)17-6-19-37-3)30(34)25-11-15-27(16-12-25)39-21-23-8-5-7-22(2)20-23/h4-5,7-16,20,29,34H,1,6,17-19,21H2,2-3H3/b30-28+/t29-/m0/s1. The molecule has 0 radical (unpaired) electrons. The van der Waals surface area contributed by atoms with E-state index in [2.05, 4.69) is 12.6 Å². The summed E-state index contributed by atoms with van der Waals surface area (Å²) in [5.41, 5.74) is 3.37. The van der Waals surface area contributed by atoms with E-state index in [0.29, 0.717) is 55.4 Å². The molecule has 1 N–H and O–H groups in total. The van der Waals surface area contributed by atoms with Crippen molar-refractivity contribution in [1.29, 1.82) is 0 Å². The highest BCUT2D eigenvalue weighted by Gasteiger charge is 2.45. The second-order valence-corrected chi connectivity index (χ2v) is 9.31. The van der Waals surface area contributed by atoms with Gasteiger partial charge in [0.15, 0.2) is 0 Å². The van der Waals surface area contributed by atoms with E-state index in [4.69, 9.17) is 14.2 Å². The van der Waals surface area contributed by atoms with Gasteiger partial charge in [0, 0.05) is 25.8 Å². The zero-order chi connectivity index (χ0) is 27.8. The van der Waals surface area contributed by atoms with Crippen LogP contribution >= 0.6 is 0 Å². The van der Waals surface area contributed by atoms with Crippen LogP contribution in [-0.4, -0.2) is 48.6 Å². The molecule has 3 aromatic carbocycles. The number of carbonyl (C=O) groups excluding carboxylic acids is 2. The highest BCUT2D eigenvalue weighted by atomic mass is 16.5. The zero-order valence-corrected chi connectivity index (χ0v) is 22.3. The SMILES string of the molecule is C=CCOc1ccc([C@H]2/C(=C(\O)c3ccc(OCc4cccc(C)c4)cc3)C(=O)C(=O)N2CCCOC)cc1. The van der Waals surface area contributed by atoms with Crippen LogP contribution in [0.2, 0.25) is 0 Å². The van der Waals surface area contributed by atoms with Crippen molar-refractivity contribution in [2.45, 2.75) is 26.0 Å². The van der Waals surface area contributed by atoms with Gasteiger partial charge in [0.2, 0.25) is 0 Å². The van der Waals surface area contributed by atoms with E-state index in [1.807, 2.05) is 25.1 Å². The molecule has 1 heterocycles. The molecular weight excluding hydrogens is 494 g/mol. The highest BCUT2D eigenvalue weighted by Crippen LogP contribution is 2.40. The number of ketones is 1. The molecule has 0 saturated carbocycles. The van der Waals surface area contributed by atoms with Gasteiger partial charge in [-0.2, -0.15) is 0 Å². The predicted octanol–water partition coefficient (Wildman–Crippen LogP) is 5.60. The van der Waals surface area contributed by atoms with Crippen LogP contribution in [0.5, 0.6) is 11.5 Å². The van der Waals surface area contributed by atoms with Crippen molar-refractivity contribution in [2.24, 2.45) is 0 Å². The number of amides is 1. The lowest BCUT2D eigenvalue weighted by Crippen LogP contribution is -2.31. The summed E-state index contributed by atoms with van der Waals surface area (Å²) < 4.78 is 16.6. The molecule has 3 aromatic rings. The first-order chi connectivity index (χ1) is 18.9. The molecule has 0 spiro atoms. The molecule has 7 heteroatoms. The maximum absolute atomic E-state index is 13.2. The smallest absolute Gasteiger partial charge is 0.295 e. The van der Waals surface area contributed by atoms with Gasteiger partial charge in [0.25, 0.3) is 11.7 Å². The van der Waals surface area contributed by atoms with Crippen LogP contribution in [0.3, 0.4) is 0 Å². The van der Waals surface area contributed by atoms with Crippen LogP contribution in [0.25, 0.3) is 5.76 Å². The molecule has 0 aromatic heterocycles. The van der Waals surface area contributed by atoms with Gasteiger partial charge in [-0.05, 0) is 60.9 Å². The fraction of sp³-hybridized carbons (Fsp3) is 0.250. The molecule has 7 nitrogen and oxygen atoms in total. The summed E-state index contributed by atoms with van der Waals surface area (Å²) in [7, 11) is 1.59. The minimum Gasteiger partial charge on any atom is -0.507 e. The molecule has 39 heavy (non-hydrogen) atoms. The number of likely N-dealkylation sites (tertiary alicyclic amines) is 1. The predicted molar refractivity (Wildman–Crippen MR) is 150 cm³/mol. The topological polar surface area (TPSA) is 85.3 Å². The Hall–Kier alpha value is -4.36. The summed E-state index contributed by atoms with van der Waals surface area (Å²) in [5, 5.41) is 11.3. The van der Waals surface area contributed by atoms with E-state index < -0.39 is 17.7 Å². The first-order valence-corrected chi connectivity index (χ1v) is 12.8. The monoisotopic (exact) mass is 527 g/mol. The molecule has 4 rings (SSSR count). The van der Waals surface area contributed by atoms with Crippen LogP contribution in [0.4, 0.5) is 0 Å². The Morgan fingerprint density at radius 2 is 1.69 bits per heavy atom. The number of aryl methyl sites for hydroxylation is 1. The summed E-state index contributed by atoms with van der Waals surface area (Å²) in [4.78, 5) is 27.8. The third-order valence-electron chi connectivity index (χ3n) is 6.47. The molecule has 202 valence electrons. The van der Waals surface area contributed by atoms with Gasteiger partial charge in [0.1, 0.15) is 30.5 Å². The fourth-order valence-electron chi connectivity index (χ4n) is 4.57. The molecule has 1 aliphatic heterocycles. The zero-order valence-electron chi connectivity index (χ0n) is 22.3. The molecule has 0 bridgehead atoms. The van der Waals surface area contributed by atoms with Crippen LogP contribution in [0.1, 0.15) is 34.7 Å². The van der Waals surface area contributed by atoms with Crippen LogP contribution in [0, 0.1) is 6.92 Å². The number of methoxy groups -OCH3 is 1. The van der Waals surface area contributed by atoms with Gasteiger partial charge >= 0.3 is 0 Å². The van der Waals surface area contributed by atoms with E-state index in [1.165, 1.54) is 4.90 Å². The Balaban J connectivity index is 1.62. The number of aliphatic hydroxyl groups excluding tert-OH is 1. The van der Waals surface area contributed by atoms with Crippen LogP contribution < -0.4 is 9.47 Å². The lowest BCUT2D eigenvalue weighted by Gasteiger charge is -2.25. The minimum atomic E-state index is -0.743. The fourth-order valence-corrected chi connectivity index (χ4v) is 4.57. The number of benzene rings is 3. The summed E-state index contributed by atoms with van der Waals surface area (Å²) in [6.07, 6.45) is 2.20. The summed E-state index contributed by atoms with van der Waals surface area (Å²) in [6, 6.07) is 21.3. The second kappa shape index (κ2) is 12.9. The largest absolute Gasteiger partial charge is 0.507 e. The first kappa shape index (κ1) is 27.7. The van der Waals surface area contributed by atoms with E-state index in [1.54, 1.807) is 61.7 Å². The number of rotatable bonds is 12. The normalized spacial score (nSPS) is 16.4. The van der Waals surface area contributed by atoms with Crippen molar-refractivity contribution in [2.75, 3.05) is 26.9 Å². The van der Waals surface area contributed by atoms with Crippen molar-refractivity contribution < 1.29 is 28.9 Å². The van der Waals surface area contributed by atoms with Crippen molar-refractivity contribution >= 4 is 17.4 Å². The lowest BCUT2D eigenvalue weighted by molar-refractivity contribution is -0.140. The molecule has 1 aliphatic rings. The maximum Gasteiger partial charge on any atom is 0.295 e. The number of aliphatic hydroxyl groups is 1. The Morgan fingerprint density at radius 3 is 2.36 bits per heavy atom. The molecule has 1 amide bonds. The number of carbonyl (C=O) groups is 2. The van der Waals surface area contributed by atoms with E-state index in [0.717, 1.165) is 11.1 Å². The number of nitrogens with zero attached hydrogens (tertiary/aromatic N) is 1. The molecule has 0 unspecified atom stereocenters. The van der Waals surface area contributed by atoms with Crippen molar-refractivity contribution in [3.8, 4) is 11.5 Å². The Bertz CT molecular complexity index is 1340. The quantitative estimate of drug-likeness (QED) is 0.109. The molecule has 1 saturated heterocycles. The van der Waals surface area contributed by atoms with E-state index in [-0.39, 0.29) is 11.3 Å². The lowest BCUT2D eigenvalue weighted by atomic mass is 9.95. The van der Waals surface area contributed by atoms with Crippen LogP contribution in [0.15, 0.2) is 91.0 Å². The van der Waals surface area contributed by atoms with E-state index >= 15 is 0 Å². The average Bonchev–Trinajstić information content (AvgIpc) is 3.20. The Kier molecular flexibility index (Phi) is 9.18. The summed E-state index contributed by atoms with van der Waals surface area (Å²) in [5.74, 6) is -0.342. The number of hydrogen-bond donors (Lipinski definition) is 1. The van der Waals surface area contributed by atoms with Gasteiger partial charge in [-0.3, -0.25) is 9.59 Å². The van der Waals surface area contributed by atoms with Gasteiger partial charge in [-0.1, -0.05) is 54.6 Å². The van der Waals surface area contributed by atoms with E-state index in [9.17, 15) is 14.7 Å². The number of hydrogen-bond acceptors (Lipinski definition) is 6. The molecular formula is C32H33NO6. The third kappa shape index (κ3) is 6.56. The van der Waals surface area contributed by atoms with Gasteiger partial charge in [-0.25, -0.2) is 0 Å². The second-order valence-electron chi connectivity index (χ2n) is 9.31. The van der Waals surface area contributed by atoms with Crippen LogP contribution in [-0.2, 0) is 20.9 Å². The van der Waals surface area contributed by atoms with Crippen molar-refractivity contribution in [1.82, 2.24) is 4.90 Å². The average molecular weight is 528 g/mol. The molecule has 0 aliphatic carbocycles. The number of ether oxygens (including phenoxy) is 3. The summed E-state index contributed by atoms with van der Waals surface area (Å²) in [6.45, 7) is 7.19. The van der Waals surface area contributed by atoms with Crippen molar-refractivity contribution in [3.63, 3.8) is 0 Å². The highest BCUT2D eigenvalue weighted by molar-refractivity contribution is 6.46. The Morgan fingerprint density at radius 1 is 1.00 bits per heavy atom. The maximum atomic E-state index is 13.2. The van der Waals surface area contributed by atoms with Gasteiger partial charge in [0.05, 0.1) is 11.6 Å².